The summed E-state index contributed by atoms with van der Waals surface area (Å²) in [7, 11) is 1.96. The summed E-state index contributed by atoms with van der Waals surface area (Å²) >= 11 is 6.07. The van der Waals surface area contributed by atoms with E-state index in [1.54, 1.807) is 6.07 Å². The van der Waals surface area contributed by atoms with Crippen LogP contribution in [0.1, 0.15) is 43.2 Å². The number of likely N-dealkylation sites (tertiary alicyclic amines) is 1. The maximum atomic E-state index is 12.7. The first kappa shape index (κ1) is 15.4. The lowest BCUT2D eigenvalue weighted by molar-refractivity contribution is 0.0661. The van der Waals surface area contributed by atoms with Gasteiger partial charge in [-0.05, 0) is 52.3 Å². The molecule has 0 aliphatic carbocycles. The Morgan fingerprint density at radius 1 is 1.55 bits per heavy atom. The molecule has 1 aromatic rings. The number of nitrogens with one attached hydrogen (secondary N) is 1. The first-order valence-electron chi connectivity index (χ1n) is 7.34. The van der Waals surface area contributed by atoms with Crippen LogP contribution < -0.4 is 5.32 Å². The van der Waals surface area contributed by atoms with Crippen LogP contribution in [0.3, 0.4) is 0 Å². The molecule has 4 nitrogen and oxygen atoms in total. The number of rotatable bonds is 4. The Kier molecular flexibility index (Phi) is 5.11. The number of amides is 1. The van der Waals surface area contributed by atoms with Gasteiger partial charge < -0.3 is 14.8 Å². The molecular formula is C15H24ClN3O. The average Bonchev–Trinajstić information content (AvgIpc) is 2.81. The standard InChI is InChI=1S/C15H24ClN3O/c1-11(2)19-10-13(16)7-14(19)15(20)18-6-4-5-12(9-18)8-17-3/h7,10-12,17H,4-6,8-9H2,1-3H3. The number of carbonyl (C=O) groups is 1. The summed E-state index contributed by atoms with van der Waals surface area (Å²) in [4.78, 5) is 14.7. The largest absolute Gasteiger partial charge is 0.339 e. The van der Waals surface area contributed by atoms with Crippen molar-refractivity contribution in [1.29, 1.82) is 0 Å². The monoisotopic (exact) mass is 297 g/mol. The Bertz CT molecular complexity index is 468. The van der Waals surface area contributed by atoms with Crippen molar-refractivity contribution < 1.29 is 4.79 Å². The predicted octanol–water partition coefficient (Wildman–Crippen LogP) is 2.79. The maximum absolute atomic E-state index is 12.7. The SMILES string of the molecule is CNCC1CCCN(C(=O)c2cc(Cl)cn2C(C)C)C1. The van der Waals surface area contributed by atoms with E-state index >= 15 is 0 Å². The van der Waals surface area contributed by atoms with E-state index in [0.717, 1.165) is 26.1 Å². The number of aromatic nitrogens is 1. The number of nitrogens with zero attached hydrogens (tertiary/aromatic N) is 2. The fourth-order valence-electron chi connectivity index (χ4n) is 2.91. The normalized spacial score (nSPS) is 19.6. The molecule has 1 N–H and O–H groups in total. The van der Waals surface area contributed by atoms with E-state index in [1.165, 1.54) is 6.42 Å². The second-order valence-electron chi connectivity index (χ2n) is 5.86. The van der Waals surface area contributed by atoms with E-state index < -0.39 is 0 Å². The third-order valence-electron chi connectivity index (χ3n) is 3.89. The van der Waals surface area contributed by atoms with E-state index in [1.807, 2.05) is 22.7 Å². The second kappa shape index (κ2) is 6.64. The van der Waals surface area contributed by atoms with Crippen LogP contribution in [0.25, 0.3) is 0 Å². The third kappa shape index (κ3) is 3.36. The Labute approximate surface area is 126 Å². The van der Waals surface area contributed by atoms with E-state index in [9.17, 15) is 4.79 Å². The van der Waals surface area contributed by atoms with Crippen LogP contribution in [0.4, 0.5) is 0 Å². The third-order valence-corrected chi connectivity index (χ3v) is 4.10. The molecule has 1 amide bonds. The minimum atomic E-state index is 0.103. The van der Waals surface area contributed by atoms with Gasteiger partial charge in [0, 0.05) is 25.3 Å². The molecule has 20 heavy (non-hydrogen) atoms. The van der Waals surface area contributed by atoms with Crippen LogP contribution in [0.15, 0.2) is 12.3 Å². The fourth-order valence-corrected chi connectivity index (χ4v) is 3.12. The molecule has 5 heteroatoms. The number of piperidine rings is 1. The van der Waals surface area contributed by atoms with E-state index in [4.69, 9.17) is 11.6 Å². The number of hydrogen-bond donors (Lipinski definition) is 1. The van der Waals surface area contributed by atoms with Crippen molar-refractivity contribution in [2.24, 2.45) is 5.92 Å². The molecule has 1 unspecified atom stereocenters. The van der Waals surface area contributed by atoms with Gasteiger partial charge in [-0.1, -0.05) is 11.6 Å². The van der Waals surface area contributed by atoms with Crippen LogP contribution in [0, 0.1) is 5.92 Å². The van der Waals surface area contributed by atoms with Gasteiger partial charge in [-0.2, -0.15) is 0 Å². The number of hydrogen-bond acceptors (Lipinski definition) is 2. The van der Waals surface area contributed by atoms with Gasteiger partial charge >= 0.3 is 0 Å². The molecule has 0 spiro atoms. The molecule has 1 aromatic heterocycles. The minimum absolute atomic E-state index is 0.103. The van der Waals surface area contributed by atoms with Crippen molar-refractivity contribution in [3.8, 4) is 0 Å². The van der Waals surface area contributed by atoms with Crippen LogP contribution in [-0.2, 0) is 0 Å². The summed E-state index contributed by atoms with van der Waals surface area (Å²) in [5, 5.41) is 3.84. The number of halogens is 1. The summed E-state index contributed by atoms with van der Waals surface area (Å²) in [5.74, 6) is 0.655. The lowest BCUT2D eigenvalue weighted by atomic mass is 9.98. The molecule has 0 bridgehead atoms. The Balaban J connectivity index is 2.14. The Morgan fingerprint density at radius 3 is 2.95 bits per heavy atom. The van der Waals surface area contributed by atoms with Crippen molar-refractivity contribution in [1.82, 2.24) is 14.8 Å². The predicted molar refractivity (Wildman–Crippen MR) is 82.4 cm³/mol. The summed E-state index contributed by atoms with van der Waals surface area (Å²) in [6.45, 7) is 6.77. The maximum Gasteiger partial charge on any atom is 0.270 e. The van der Waals surface area contributed by atoms with Gasteiger partial charge in [0.1, 0.15) is 5.69 Å². The zero-order chi connectivity index (χ0) is 14.7. The Morgan fingerprint density at radius 2 is 2.30 bits per heavy atom. The summed E-state index contributed by atoms with van der Waals surface area (Å²) in [6.07, 6.45) is 4.11. The zero-order valence-electron chi connectivity index (χ0n) is 12.5. The Hall–Kier alpha value is -1.00. The summed E-state index contributed by atoms with van der Waals surface area (Å²) in [5.41, 5.74) is 0.704. The lowest BCUT2D eigenvalue weighted by Crippen LogP contribution is -2.43. The van der Waals surface area contributed by atoms with Crippen LogP contribution in [0.5, 0.6) is 0 Å². The molecule has 1 aliphatic heterocycles. The van der Waals surface area contributed by atoms with Gasteiger partial charge in [-0.3, -0.25) is 4.79 Å². The highest BCUT2D eigenvalue weighted by atomic mass is 35.5. The molecule has 0 radical (unpaired) electrons. The molecule has 2 heterocycles. The molecular weight excluding hydrogens is 274 g/mol. The van der Waals surface area contributed by atoms with Crippen molar-refractivity contribution in [3.05, 3.63) is 23.0 Å². The zero-order valence-corrected chi connectivity index (χ0v) is 13.3. The highest BCUT2D eigenvalue weighted by Gasteiger charge is 2.26. The summed E-state index contributed by atoms with van der Waals surface area (Å²) < 4.78 is 1.96. The highest BCUT2D eigenvalue weighted by Crippen LogP contribution is 2.23. The van der Waals surface area contributed by atoms with Gasteiger partial charge in [0.15, 0.2) is 0 Å². The van der Waals surface area contributed by atoms with Gasteiger partial charge in [-0.25, -0.2) is 0 Å². The average molecular weight is 298 g/mol. The van der Waals surface area contributed by atoms with E-state index in [2.05, 4.69) is 19.2 Å². The first-order valence-corrected chi connectivity index (χ1v) is 7.72. The molecule has 112 valence electrons. The van der Waals surface area contributed by atoms with Crippen molar-refractivity contribution in [2.45, 2.75) is 32.7 Å². The molecule has 1 saturated heterocycles. The molecule has 0 saturated carbocycles. The summed E-state index contributed by atoms with van der Waals surface area (Å²) in [6, 6.07) is 2.02. The fraction of sp³-hybridized carbons (Fsp3) is 0.667. The lowest BCUT2D eigenvalue weighted by Gasteiger charge is -2.33. The van der Waals surface area contributed by atoms with Gasteiger partial charge in [0.2, 0.25) is 0 Å². The first-order chi connectivity index (χ1) is 9.52. The molecule has 1 atom stereocenters. The molecule has 0 aromatic carbocycles. The molecule has 1 aliphatic rings. The quantitative estimate of drug-likeness (QED) is 0.928. The van der Waals surface area contributed by atoms with Crippen molar-refractivity contribution >= 4 is 17.5 Å². The smallest absolute Gasteiger partial charge is 0.270 e. The van der Waals surface area contributed by atoms with Gasteiger partial charge in [0.05, 0.1) is 5.02 Å². The van der Waals surface area contributed by atoms with Crippen LogP contribution >= 0.6 is 11.6 Å². The minimum Gasteiger partial charge on any atom is -0.339 e. The van der Waals surface area contributed by atoms with Crippen LogP contribution in [-0.4, -0.2) is 42.1 Å². The van der Waals surface area contributed by atoms with Gasteiger partial charge in [-0.15, -0.1) is 0 Å². The number of carbonyl (C=O) groups excluding carboxylic acids is 1. The van der Waals surface area contributed by atoms with E-state index in [-0.39, 0.29) is 11.9 Å². The topological polar surface area (TPSA) is 37.3 Å². The second-order valence-corrected chi connectivity index (χ2v) is 6.30. The van der Waals surface area contributed by atoms with E-state index in [0.29, 0.717) is 16.6 Å². The molecule has 1 fully saturated rings. The van der Waals surface area contributed by atoms with Crippen LogP contribution in [0.2, 0.25) is 5.02 Å². The van der Waals surface area contributed by atoms with Crippen molar-refractivity contribution in [3.63, 3.8) is 0 Å². The highest BCUT2D eigenvalue weighted by molar-refractivity contribution is 6.31. The van der Waals surface area contributed by atoms with Gasteiger partial charge in [0.25, 0.3) is 5.91 Å². The van der Waals surface area contributed by atoms with Crippen molar-refractivity contribution in [2.75, 3.05) is 26.7 Å². The molecule has 2 rings (SSSR count).